The van der Waals surface area contributed by atoms with E-state index in [0.717, 1.165) is 16.7 Å². The number of hydrogen-bond donors (Lipinski definition) is 1. The van der Waals surface area contributed by atoms with Crippen molar-refractivity contribution in [1.29, 1.82) is 0 Å². The van der Waals surface area contributed by atoms with Gasteiger partial charge in [0.2, 0.25) is 0 Å². The Morgan fingerprint density at radius 1 is 1.12 bits per heavy atom. The predicted octanol–water partition coefficient (Wildman–Crippen LogP) is 4.19. The van der Waals surface area contributed by atoms with Crippen LogP contribution in [0.5, 0.6) is 0 Å². The number of H-pyrrole nitrogens is 1. The fraction of sp³-hybridized carbons (Fsp3) is 0.0714. The zero-order valence-corrected chi connectivity index (χ0v) is 10.1. The van der Waals surface area contributed by atoms with E-state index >= 15 is 0 Å². The van der Waals surface area contributed by atoms with Crippen molar-refractivity contribution in [3.63, 3.8) is 0 Å². The third kappa shape index (κ3) is 1.81. The van der Waals surface area contributed by atoms with Gasteiger partial charge in [-0.3, -0.25) is 0 Å². The zero-order valence-electron chi connectivity index (χ0n) is 9.37. The zero-order chi connectivity index (χ0) is 11.8. The molecule has 0 amide bonds. The lowest BCUT2D eigenvalue weighted by Gasteiger charge is -2.01. The van der Waals surface area contributed by atoms with Crippen LogP contribution in [0.25, 0.3) is 22.3 Å². The molecule has 0 spiro atoms. The topological polar surface area (TPSA) is 28.7 Å². The van der Waals surface area contributed by atoms with Crippen LogP contribution in [0.4, 0.5) is 0 Å². The van der Waals surface area contributed by atoms with Gasteiger partial charge in [-0.25, -0.2) is 4.98 Å². The lowest BCUT2D eigenvalue weighted by atomic mass is 10.1. The summed E-state index contributed by atoms with van der Waals surface area (Å²) in [5.74, 6) is 0. The van der Waals surface area contributed by atoms with Gasteiger partial charge in [0, 0.05) is 16.6 Å². The van der Waals surface area contributed by atoms with Crippen LogP contribution in [0, 0.1) is 6.92 Å². The van der Waals surface area contributed by atoms with E-state index in [1.807, 2.05) is 18.2 Å². The highest BCUT2D eigenvalue weighted by Gasteiger charge is 2.06. The second-order valence-electron chi connectivity index (χ2n) is 4.07. The minimum Gasteiger partial charge on any atom is -0.339 e. The van der Waals surface area contributed by atoms with Crippen LogP contribution in [-0.4, -0.2) is 9.97 Å². The van der Waals surface area contributed by atoms with Gasteiger partial charge in [-0.2, -0.15) is 0 Å². The van der Waals surface area contributed by atoms with E-state index < -0.39 is 0 Å². The first-order chi connectivity index (χ1) is 8.24. The minimum absolute atomic E-state index is 0.510. The van der Waals surface area contributed by atoms with Crippen molar-refractivity contribution in [2.75, 3.05) is 0 Å². The fourth-order valence-electron chi connectivity index (χ4n) is 2.00. The number of halogens is 1. The van der Waals surface area contributed by atoms with Crippen LogP contribution in [0.15, 0.2) is 42.5 Å². The monoisotopic (exact) mass is 242 g/mol. The number of benzene rings is 1. The maximum Gasteiger partial charge on any atom is 0.139 e. The van der Waals surface area contributed by atoms with Gasteiger partial charge >= 0.3 is 0 Å². The van der Waals surface area contributed by atoms with Crippen LogP contribution in [0.3, 0.4) is 0 Å². The van der Waals surface area contributed by atoms with E-state index in [2.05, 4.69) is 35.1 Å². The van der Waals surface area contributed by atoms with Crippen LogP contribution in [0.2, 0.25) is 5.15 Å². The van der Waals surface area contributed by atoms with Crippen molar-refractivity contribution in [3.05, 3.63) is 53.2 Å². The Hall–Kier alpha value is -1.80. The maximum atomic E-state index is 5.87. The van der Waals surface area contributed by atoms with E-state index in [0.29, 0.717) is 5.15 Å². The van der Waals surface area contributed by atoms with Crippen molar-refractivity contribution in [2.24, 2.45) is 0 Å². The molecule has 3 rings (SSSR count). The number of aromatic amines is 1. The van der Waals surface area contributed by atoms with Crippen molar-refractivity contribution < 1.29 is 0 Å². The van der Waals surface area contributed by atoms with Gasteiger partial charge in [0.05, 0.1) is 0 Å². The van der Waals surface area contributed by atoms with Gasteiger partial charge in [-0.05, 0) is 30.7 Å². The number of aryl methyl sites for hydroxylation is 1. The standard InChI is InChI=1S/C14H11ClN2/c1-9-4-2-3-5-11(9)12-8-10-6-7-13(15)17-14(10)16-12/h2-8H,1H3,(H,16,17). The van der Waals surface area contributed by atoms with Gasteiger partial charge in [-0.1, -0.05) is 35.9 Å². The molecule has 0 atom stereocenters. The quantitative estimate of drug-likeness (QED) is 0.637. The molecule has 0 bridgehead atoms. The molecular weight excluding hydrogens is 232 g/mol. The molecule has 17 heavy (non-hydrogen) atoms. The number of hydrogen-bond acceptors (Lipinski definition) is 1. The largest absolute Gasteiger partial charge is 0.339 e. The Morgan fingerprint density at radius 3 is 2.76 bits per heavy atom. The lowest BCUT2D eigenvalue weighted by Crippen LogP contribution is -1.82. The van der Waals surface area contributed by atoms with Crippen LogP contribution in [-0.2, 0) is 0 Å². The molecule has 3 heteroatoms. The third-order valence-corrected chi connectivity index (χ3v) is 3.09. The average molecular weight is 243 g/mol. The summed E-state index contributed by atoms with van der Waals surface area (Å²) >= 11 is 5.87. The molecule has 0 aliphatic carbocycles. The van der Waals surface area contributed by atoms with E-state index in [-0.39, 0.29) is 0 Å². The summed E-state index contributed by atoms with van der Waals surface area (Å²) in [4.78, 5) is 7.56. The number of fused-ring (bicyclic) bond motifs is 1. The first kappa shape index (κ1) is 10.4. The summed E-state index contributed by atoms with van der Waals surface area (Å²) < 4.78 is 0. The molecule has 2 nitrogen and oxygen atoms in total. The summed E-state index contributed by atoms with van der Waals surface area (Å²) in [6.45, 7) is 2.10. The fourth-order valence-corrected chi connectivity index (χ4v) is 2.15. The van der Waals surface area contributed by atoms with Gasteiger partial charge in [0.15, 0.2) is 0 Å². The highest BCUT2D eigenvalue weighted by atomic mass is 35.5. The Kier molecular flexibility index (Phi) is 2.37. The third-order valence-electron chi connectivity index (χ3n) is 2.88. The molecule has 0 unspecified atom stereocenters. The molecule has 2 aromatic heterocycles. The first-order valence-electron chi connectivity index (χ1n) is 5.45. The summed E-state index contributed by atoms with van der Waals surface area (Å²) in [5.41, 5.74) is 4.34. The molecule has 0 aliphatic rings. The number of nitrogens with zero attached hydrogens (tertiary/aromatic N) is 1. The summed E-state index contributed by atoms with van der Waals surface area (Å²) in [6, 6.07) is 14.1. The van der Waals surface area contributed by atoms with Crippen molar-refractivity contribution in [1.82, 2.24) is 9.97 Å². The predicted molar refractivity (Wildman–Crippen MR) is 71.3 cm³/mol. The molecule has 0 radical (unpaired) electrons. The van der Waals surface area contributed by atoms with Gasteiger partial charge in [-0.15, -0.1) is 0 Å². The van der Waals surface area contributed by atoms with Crippen LogP contribution < -0.4 is 0 Å². The molecule has 3 aromatic rings. The Balaban J connectivity index is 2.22. The second kappa shape index (κ2) is 3.90. The van der Waals surface area contributed by atoms with Crippen molar-refractivity contribution in [3.8, 4) is 11.3 Å². The molecule has 0 saturated carbocycles. The van der Waals surface area contributed by atoms with Gasteiger partial charge < -0.3 is 4.98 Å². The normalized spacial score (nSPS) is 10.9. The molecule has 1 aromatic carbocycles. The van der Waals surface area contributed by atoms with Crippen molar-refractivity contribution in [2.45, 2.75) is 6.92 Å². The van der Waals surface area contributed by atoms with Gasteiger partial charge in [0.25, 0.3) is 0 Å². The van der Waals surface area contributed by atoms with E-state index in [1.165, 1.54) is 11.1 Å². The molecule has 2 heterocycles. The smallest absolute Gasteiger partial charge is 0.139 e. The number of aromatic nitrogens is 2. The van der Waals surface area contributed by atoms with Crippen molar-refractivity contribution >= 4 is 22.6 Å². The molecule has 0 fully saturated rings. The summed E-state index contributed by atoms with van der Waals surface area (Å²) in [5, 5.41) is 1.59. The van der Waals surface area contributed by atoms with E-state index in [9.17, 15) is 0 Å². The molecular formula is C14H11ClN2. The van der Waals surface area contributed by atoms with Crippen LogP contribution >= 0.6 is 11.6 Å². The molecule has 84 valence electrons. The lowest BCUT2D eigenvalue weighted by molar-refractivity contribution is 1.31. The number of nitrogens with one attached hydrogen (secondary N) is 1. The molecule has 1 N–H and O–H groups in total. The van der Waals surface area contributed by atoms with E-state index in [4.69, 9.17) is 11.6 Å². The summed E-state index contributed by atoms with van der Waals surface area (Å²) in [7, 11) is 0. The Morgan fingerprint density at radius 2 is 1.94 bits per heavy atom. The molecule has 0 saturated heterocycles. The highest BCUT2D eigenvalue weighted by Crippen LogP contribution is 2.26. The van der Waals surface area contributed by atoms with Gasteiger partial charge in [0.1, 0.15) is 10.8 Å². The SMILES string of the molecule is Cc1ccccc1-c1cc2ccc(Cl)nc2[nH]1. The average Bonchev–Trinajstić information content (AvgIpc) is 2.72. The molecule has 0 aliphatic heterocycles. The number of pyridine rings is 1. The maximum absolute atomic E-state index is 5.87. The Labute approximate surface area is 104 Å². The Bertz CT molecular complexity index is 686. The number of rotatable bonds is 1. The highest BCUT2D eigenvalue weighted by molar-refractivity contribution is 6.29. The second-order valence-corrected chi connectivity index (χ2v) is 4.46. The first-order valence-corrected chi connectivity index (χ1v) is 5.83. The summed E-state index contributed by atoms with van der Waals surface area (Å²) in [6.07, 6.45) is 0. The van der Waals surface area contributed by atoms with E-state index in [1.54, 1.807) is 6.07 Å². The van der Waals surface area contributed by atoms with Crippen LogP contribution in [0.1, 0.15) is 5.56 Å². The minimum atomic E-state index is 0.510.